The van der Waals surface area contributed by atoms with Crippen molar-refractivity contribution in [3.8, 4) is 5.88 Å². The smallest absolute Gasteiger partial charge is 0.408 e. The summed E-state index contributed by atoms with van der Waals surface area (Å²) in [6.45, 7) is 0.118. The highest BCUT2D eigenvalue weighted by Crippen LogP contribution is 2.33. The Bertz CT molecular complexity index is 770. The van der Waals surface area contributed by atoms with E-state index in [0.29, 0.717) is 29.6 Å². The Morgan fingerprint density at radius 2 is 2.08 bits per heavy atom. The average Bonchev–Trinajstić information content (AvgIpc) is 2.87. The first-order valence-corrected chi connectivity index (χ1v) is 7.71. The number of hydrogen-bond acceptors (Lipinski definition) is 3. The summed E-state index contributed by atoms with van der Waals surface area (Å²) in [5.74, 6) is -0.0707. The zero-order valence-electron chi connectivity index (χ0n) is 13.4. The van der Waals surface area contributed by atoms with Crippen LogP contribution in [-0.2, 0) is 7.05 Å². The third kappa shape index (κ3) is 2.81. The number of hydrogen-bond donors (Lipinski definition) is 0. The van der Waals surface area contributed by atoms with E-state index in [4.69, 9.17) is 4.74 Å². The van der Waals surface area contributed by atoms with Crippen LogP contribution in [0.1, 0.15) is 29.6 Å². The number of piperidine rings is 1. The molecule has 1 aliphatic heterocycles. The number of aryl methyl sites for hydroxylation is 1. The Morgan fingerprint density at radius 3 is 2.75 bits per heavy atom. The molecular formula is C16H18F3N3O2. The molecule has 1 aromatic heterocycles. The minimum absolute atomic E-state index is 0.0467. The number of alkyl halides is 3. The molecule has 0 spiro atoms. The summed E-state index contributed by atoms with van der Waals surface area (Å²) >= 11 is 0. The van der Waals surface area contributed by atoms with Crippen molar-refractivity contribution in [3.05, 3.63) is 23.8 Å². The van der Waals surface area contributed by atoms with E-state index in [0.717, 1.165) is 4.90 Å². The van der Waals surface area contributed by atoms with Crippen molar-refractivity contribution in [1.82, 2.24) is 14.7 Å². The van der Waals surface area contributed by atoms with E-state index < -0.39 is 18.1 Å². The number of benzene rings is 1. The first-order chi connectivity index (χ1) is 11.3. The van der Waals surface area contributed by atoms with Crippen LogP contribution in [0.5, 0.6) is 5.88 Å². The molecule has 0 bridgehead atoms. The van der Waals surface area contributed by atoms with Gasteiger partial charge in [0.05, 0.1) is 18.0 Å². The zero-order valence-corrected chi connectivity index (χ0v) is 13.4. The zero-order chi connectivity index (χ0) is 17.5. The van der Waals surface area contributed by atoms with Gasteiger partial charge in [0, 0.05) is 19.2 Å². The normalized spacial score (nSPS) is 18.9. The van der Waals surface area contributed by atoms with E-state index in [9.17, 15) is 18.0 Å². The molecule has 130 valence electrons. The summed E-state index contributed by atoms with van der Waals surface area (Å²) < 4.78 is 46.3. The van der Waals surface area contributed by atoms with Crippen LogP contribution in [0.2, 0.25) is 0 Å². The fourth-order valence-corrected chi connectivity index (χ4v) is 3.23. The molecule has 24 heavy (non-hydrogen) atoms. The molecule has 0 saturated carbocycles. The number of likely N-dealkylation sites (tertiary alicyclic amines) is 1. The van der Waals surface area contributed by atoms with Crippen molar-refractivity contribution < 1.29 is 22.7 Å². The number of aromatic nitrogens is 2. The predicted octanol–water partition coefficient (Wildman–Crippen LogP) is 3.14. The number of nitrogens with zero attached hydrogens (tertiary/aromatic N) is 3. The van der Waals surface area contributed by atoms with Crippen LogP contribution >= 0.6 is 0 Å². The molecule has 0 N–H and O–H groups in total. The second-order valence-electron chi connectivity index (χ2n) is 5.92. The maximum Gasteiger partial charge on any atom is 0.408 e. The lowest BCUT2D eigenvalue weighted by Gasteiger charge is -2.36. The van der Waals surface area contributed by atoms with Gasteiger partial charge in [0.15, 0.2) is 0 Å². The molecule has 2 heterocycles. The number of halogens is 3. The third-order valence-corrected chi connectivity index (χ3v) is 4.36. The second-order valence-corrected chi connectivity index (χ2v) is 5.92. The van der Waals surface area contributed by atoms with Gasteiger partial charge in [-0.1, -0.05) is 0 Å². The first kappa shape index (κ1) is 16.6. The third-order valence-electron chi connectivity index (χ3n) is 4.36. The van der Waals surface area contributed by atoms with Crippen molar-refractivity contribution in [2.45, 2.75) is 31.5 Å². The van der Waals surface area contributed by atoms with Crippen LogP contribution < -0.4 is 4.74 Å². The van der Waals surface area contributed by atoms with Gasteiger partial charge in [0.25, 0.3) is 5.91 Å². The Labute approximate surface area is 137 Å². The van der Waals surface area contributed by atoms with Gasteiger partial charge in [-0.25, -0.2) is 4.68 Å². The molecular weight excluding hydrogens is 323 g/mol. The van der Waals surface area contributed by atoms with E-state index in [2.05, 4.69) is 5.10 Å². The van der Waals surface area contributed by atoms with Crippen LogP contribution in [-0.4, -0.2) is 46.5 Å². The first-order valence-electron chi connectivity index (χ1n) is 7.71. The Balaban J connectivity index is 1.95. The van der Waals surface area contributed by atoms with E-state index in [1.54, 1.807) is 13.1 Å². The lowest BCUT2D eigenvalue weighted by molar-refractivity contribution is -0.183. The molecule has 1 fully saturated rings. The van der Waals surface area contributed by atoms with Crippen LogP contribution in [0.25, 0.3) is 10.9 Å². The minimum atomic E-state index is -4.41. The number of carbonyl (C=O) groups is 1. The molecule has 0 aliphatic carbocycles. The fourth-order valence-electron chi connectivity index (χ4n) is 3.23. The molecule has 1 saturated heterocycles. The molecule has 0 radical (unpaired) electrons. The second kappa shape index (κ2) is 5.99. The van der Waals surface area contributed by atoms with E-state index in [-0.39, 0.29) is 18.5 Å². The monoisotopic (exact) mass is 341 g/mol. The molecule has 1 unspecified atom stereocenters. The van der Waals surface area contributed by atoms with Gasteiger partial charge >= 0.3 is 6.18 Å². The SMILES string of the molecule is COc1c2ccc(C(=O)N3CCCCC3C(F)(F)F)cc2nn1C. The number of fused-ring (bicyclic) bond motifs is 1. The van der Waals surface area contributed by atoms with E-state index in [1.807, 2.05) is 0 Å². The van der Waals surface area contributed by atoms with Crippen molar-refractivity contribution in [2.75, 3.05) is 13.7 Å². The van der Waals surface area contributed by atoms with E-state index >= 15 is 0 Å². The number of rotatable bonds is 2. The quantitative estimate of drug-likeness (QED) is 0.843. The van der Waals surface area contributed by atoms with Gasteiger partial charge in [-0.3, -0.25) is 4.79 Å². The highest BCUT2D eigenvalue weighted by atomic mass is 19.4. The van der Waals surface area contributed by atoms with Crippen molar-refractivity contribution in [2.24, 2.45) is 7.05 Å². The Kier molecular flexibility index (Phi) is 4.15. The average molecular weight is 341 g/mol. The Morgan fingerprint density at radius 1 is 1.33 bits per heavy atom. The van der Waals surface area contributed by atoms with Crippen molar-refractivity contribution in [3.63, 3.8) is 0 Å². The molecule has 1 aromatic carbocycles. The summed E-state index contributed by atoms with van der Waals surface area (Å²) in [6, 6.07) is 2.98. The largest absolute Gasteiger partial charge is 0.481 e. The van der Waals surface area contributed by atoms with Gasteiger partial charge in [-0.15, -0.1) is 0 Å². The van der Waals surface area contributed by atoms with Crippen LogP contribution in [0, 0.1) is 0 Å². The molecule has 5 nitrogen and oxygen atoms in total. The predicted molar refractivity (Wildman–Crippen MR) is 82.0 cm³/mol. The summed E-state index contributed by atoms with van der Waals surface area (Å²) in [4.78, 5) is 13.6. The summed E-state index contributed by atoms with van der Waals surface area (Å²) in [7, 11) is 3.21. The van der Waals surface area contributed by atoms with Crippen LogP contribution in [0.3, 0.4) is 0 Å². The van der Waals surface area contributed by atoms with Crippen molar-refractivity contribution >= 4 is 16.8 Å². The van der Waals surface area contributed by atoms with Crippen molar-refractivity contribution in [1.29, 1.82) is 0 Å². The lowest BCUT2D eigenvalue weighted by atomic mass is 10.00. The molecule has 8 heteroatoms. The standard InChI is InChI=1S/C16H18F3N3O2/c1-21-15(24-2)11-7-6-10(9-12(11)20-21)14(23)22-8-4-3-5-13(22)16(17,18)19/h6-7,9,13H,3-5,8H2,1-2H3. The number of carbonyl (C=O) groups excluding carboxylic acids is 1. The van der Waals surface area contributed by atoms with Gasteiger partial charge in [0.1, 0.15) is 6.04 Å². The highest BCUT2D eigenvalue weighted by molar-refractivity contribution is 5.99. The van der Waals surface area contributed by atoms with Gasteiger partial charge in [0.2, 0.25) is 5.88 Å². The van der Waals surface area contributed by atoms with Crippen LogP contribution in [0.4, 0.5) is 13.2 Å². The summed E-state index contributed by atoms with van der Waals surface area (Å²) in [6.07, 6.45) is -3.40. The minimum Gasteiger partial charge on any atom is -0.481 e. The maximum atomic E-state index is 13.2. The number of methoxy groups -OCH3 is 1. The van der Waals surface area contributed by atoms with E-state index in [1.165, 1.54) is 23.9 Å². The molecule has 1 aliphatic rings. The maximum absolute atomic E-state index is 13.2. The number of ether oxygens (including phenoxy) is 1. The molecule has 1 amide bonds. The lowest BCUT2D eigenvalue weighted by Crippen LogP contribution is -2.51. The van der Waals surface area contributed by atoms with Gasteiger partial charge < -0.3 is 9.64 Å². The molecule has 3 rings (SSSR count). The number of amides is 1. The van der Waals surface area contributed by atoms with Crippen LogP contribution in [0.15, 0.2) is 18.2 Å². The summed E-state index contributed by atoms with van der Waals surface area (Å²) in [5.41, 5.74) is 0.722. The molecule has 1 atom stereocenters. The van der Waals surface area contributed by atoms with Gasteiger partial charge in [-0.2, -0.15) is 18.3 Å². The topological polar surface area (TPSA) is 47.4 Å². The van der Waals surface area contributed by atoms with Gasteiger partial charge in [-0.05, 0) is 37.5 Å². The fraction of sp³-hybridized carbons (Fsp3) is 0.500. The Hall–Kier alpha value is -2.25. The molecule has 2 aromatic rings. The highest BCUT2D eigenvalue weighted by Gasteiger charge is 2.46. The summed E-state index contributed by atoms with van der Waals surface area (Å²) in [5, 5.41) is 4.95.